The van der Waals surface area contributed by atoms with E-state index in [2.05, 4.69) is 5.10 Å². The molecule has 0 radical (unpaired) electrons. The largest absolute Gasteiger partial charge is 0.284 e. The maximum Gasteiger partial charge on any atom is 0.284 e. The van der Waals surface area contributed by atoms with Gasteiger partial charge < -0.3 is 0 Å². The van der Waals surface area contributed by atoms with E-state index in [-0.39, 0.29) is 11.4 Å². The van der Waals surface area contributed by atoms with Crippen molar-refractivity contribution in [2.45, 2.75) is 0 Å². The van der Waals surface area contributed by atoms with E-state index < -0.39 is 5.56 Å². The van der Waals surface area contributed by atoms with Crippen molar-refractivity contribution in [1.29, 1.82) is 5.26 Å². The highest BCUT2D eigenvalue weighted by atomic mass is 19.1. The fraction of sp³-hybridized carbons (Fsp3) is 0.0833. The van der Waals surface area contributed by atoms with Gasteiger partial charge in [-0.1, -0.05) is 0 Å². The number of nitriles is 1. The second-order valence-corrected chi connectivity index (χ2v) is 3.49. The number of hydrogen-bond donors (Lipinski definition) is 0. The Morgan fingerprint density at radius 1 is 1.35 bits per heavy atom. The smallest absolute Gasteiger partial charge is 0.266 e. The lowest BCUT2D eigenvalue weighted by atomic mass is 10.1. The van der Waals surface area contributed by atoms with Gasteiger partial charge in [0.2, 0.25) is 0 Å². The summed E-state index contributed by atoms with van der Waals surface area (Å²) < 4.78 is 13.9. The number of rotatable bonds is 1. The maximum atomic E-state index is 12.8. The van der Waals surface area contributed by atoms with Gasteiger partial charge in [-0.25, -0.2) is 9.07 Å². The summed E-state index contributed by atoms with van der Waals surface area (Å²) in [6, 6.07) is 8.90. The van der Waals surface area contributed by atoms with Crippen LogP contribution in [0.15, 0.2) is 35.1 Å². The summed E-state index contributed by atoms with van der Waals surface area (Å²) in [6.07, 6.45) is 0. The summed E-state index contributed by atoms with van der Waals surface area (Å²) in [5, 5.41) is 12.8. The predicted molar refractivity (Wildman–Crippen MR) is 59.6 cm³/mol. The second kappa shape index (κ2) is 4.18. The molecule has 1 heterocycles. The molecule has 1 aromatic carbocycles. The average Bonchev–Trinajstić information content (AvgIpc) is 2.33. The van der Waals surface area contributed by atoms with Gasteiger partial charge in [-0.05, 0) is 30.3 Å². The highest BCUT2D eigenvalue weighted by Crippen LogP contribution is 2.16. The number of aromatic nitrogens is 2. The first-order chi connectivity index (χ1) is 8.11. The van der Waals surface area contributed by atoms with Crippen molar-refractivity contribution in [3.05, 3.63) is 52.1 Å². The lowest BCUT2D eigenvalue weighted by Gasteiger charge is -2.03. The van der Waals surface area contributed by atoms with Gasteiger partial charge in [-0.15, -0.1) is 0 Å². The second-order valence-electron chi connectivity index (χ2n) is 3.49. The minimum Gasteiger partial charge on any atom is -0.266 e. The van der Waals surface area contributed by atoms with E-state index in [9.17, 15) is 9.18 Å². The topological polar surface area (TPSA) is 58.7 Å². The van der Waals surface area contributed by atoms with Gasteiger partial charge in [0, 0.05) is 12.6 Å². The van der Waals surface area contributed by atoms with Crippen LogP contribution in [0.1, 0.15) is 5.56 Å². The number of halogens is 1. The molecule has 0 atom stereocenters. The fourth-order valence-electron chi connectivity index (χ4n) is 1.45. The zero-order chi connectivity index (χ0) is 12.4. The molecule has 0 unspecified atom stereocenters. The number of nitrogens with zero attached hydrogens (tertiary/aromatic N) is 3. The van der Waals surface area contributed by atoms with Crippen molar-refractivity contribution >= 4 is 0 Å². The third-order valence-corrected chi connectivity index (χ3v) is 2.32. The lowest BCUT2D eigenvalue weighted by molar-refractivity contribution is 0.628. The third-order valence-electron chi connectivity index (χ3n) is 2.32. The van der Waals surface area contributed by atoms with Gasteiger partial charge in [-0.3, -0.25) is 4.79 Å². The van der Waals surface area contributed by atoms with Crippen molar-refractivity contribution in [3.8, 4) is 17.3 Å². The van der Waals surface area contributed by atoms with Crippen molar-refractivity contribution in [3.63, 3.8) is 0 Å². The molecule has 5 heteroatoms. The molecule has 84 valence electrons. The van der Waals surface area contributed by atoms with Gasteiger partial charge in [0.1, 0.15) is 17.4 Å². The monoisotopic (exact) mass is 229 g/mol. The van der Waals surface area contributed by atoms with Crippen molar-refractivity contribution in [2.75, 3.05) is 0 Å². The van der Waals surface area contributed by atoms with Crippen LogP contribution in [0.3, 0.4) is 0 Å². The molecule has 0 bridgehead atoms. The Bertz CT molecular complexity index is 653. The van der Waals surface area contributed by atoms with Crippen LogP contribution in [0.25, 0.3) is 11.3 Å². The standard InChI is InChI=1S/C12H8FN3O/c1-16-12(17)9(7-14)6-11(15-16)8-2-4-10(13)5-3-8/h2-6H,1H3. The Morgan fingerprint density at radius 2 is 2.00 bits per heavy atom. The number of hydrogen-bond acceptors (Lipinski definition) is 3. The normalized spacial score (nSPS) is 9.94. The van der Waals surface area contributed by atoms with Crippen LogP contribution < -0.4 is 5.56 Å². The quantitative estimate of drug-likeness (QED) is 0.743. The van der Waals surface area contributed by atoms with Crippen LogP contribution in [-0.2, 0) is 7.05 Å². The Balaban J connectivity index is 2.61. The van der Waals surface area contributed by atoms with Gasteiger partial charge in [0.05, 0.1) is 5.69 Å². The van der Waals surface area contributed by atoms with E-state index in [0.29, 0.717) is 11.3 Å². The highest BCUT2D eigenvalue weighted by Gasteiger charge is 2.07. The molecule has 17 heavy (non-hydrogen) atoms. The van der Waals surface area contributed by atoms with E-state index in [0.717, 1.165) is 4.68 Å². The summed E-state index contributed by atoms with van der Waals surface area (Å²) in [7, 11) is 1.47. The van der Waals surface area contributed by atoms with Crippen LogP contribution in [0, 0.1) is 17.1 Å². The zero-order valence-electron chi connectivity index (χ0n) is 9.01. The van der Waals surface area contributed by atoms with Crippen molar-refractivity contribution < 1.29 is 4.39 Å². The lowest BCUT2D eigenvalue weighted by Crippen LogP contribution is -2.22. The van der Waals surface area contributed by atoms with E-state index >= 15 is 0 Å². The minimum absolute atomic E-state index is 0.0156. The number of benzene rings is 1. The van der Waals surface area contributed by atoms with E-state index in [1.54, 1.807) is 12.1 Å². The maximum absolute atomic E-state index is 12.8. The Hall–Kier alpha value is -2.48. The van der Waals surface area contributed by atoms with Crippen LogP contribution in [0.5, 0.6) is 0 Å². The molecule has 0 saturated heterocycles. The number of aryl methyl sites for hydroxylation is 1. The Labute approximate surface area is 96.6 Å². The molecule has 4 nitrogen and oxygen atoms in total. The highest BCUT2D eigenvalue weighted by molar-refractivity contribution is 5.59. The molecule has 0 fully saturated rings. The molecule has 1 aromatic heterocycles. The molecular weight excluding hydrogens is 221 g/mol. The summed E-state index contributed by atoms with van der Waals surface area (Å²) in [6.45, 7) is 0. The summed E-state index contributed by atoms with van der Waals surface area (Å²) in [4.78, 5) is 11.5. The summed E-state index contributed by atoms with van der Waals surface area (Å²) in [5.74, 6) is -0.348. The molecule has 0 spiro atoms. The van der Waals surface area contributed by atoms with Crippen LogP contribution in [0.2, 0.25) is 0 Å². The molecule has 0 aliphatic rings. The van der Waals surface area contributed by atoms with Crippen molar-refractivity contribution in [1.82, 2.24) is 9.78 Å². The van der Waals surface area contributed by atoms with Crippen LogP contribution in [0.4, 0.5) is 4.39 Å². The minimum atomic E-state index is -0.446. The fourth-order valence-corrected chi connectivity index (χ4v) is 1.45. The van der Waals surface area contributed by atoms with Gasteiger partial charge in [0.25, 0.3) is 5.56 Å². The van der Waals surface area contributed by atoms with E-state index in [1.165, 1.54) is 25.2 Å². The van der Waals surface area contributed by atoms with Crippen LogP contribution >= 0.6 is 0 Å². The first-order valence-electron chi connectivity index (χ1n) is 4.86. The van der Waals surface area contributed by atoms with Gasteiger partial charge in [-0.2, -0.15) is 10.4 Å². The summed E-state index contributed by atoms with van der Waals surface area (Å²) >= 11 is 0. The molecule has 2 rings (SSSR count). The first kappa shape index (κ1) is 11.0. The molecule has 0 saturated carbocycles. The molecule has 0 amide bonds. The molecular formula is C12H8FN3O. The van der Waals surface area contributed by atoms with Crippen molar-refractivity contribution in [2.24, 2.45) is 7.05 Å². The molecule has 0 aliphatic heterocycles. The Morgan fingerprint density at radius 3 is 2.59 bits per heavy atom. The zero-order valence-corrected chi connectivity index (χ0v) is 9.01. The molecule has 2 aromatic rings. The Kier molecular flexibility index (Phi) is 2.71. The van der Waals surface area contributed by atoms with E-state index in [1.807, 2.05) is 6.07 Å². The summed E-state index contributed by atoms with van der Waals surface area (Å²) in [5.41, 5.74) is 0.683. The SMILES string of the molecule is Cn1nc(-c2ccc(F)cc2)cc(C#N)c1=O. The molecule has 0 N–H and O–H groups in total. The molecule has 0 aliphatic carbocycles. The van der Waals surface area contributed by atoms with E-state index in [4.69, 9.17) is 5.26 Å². The van der Waals surface area contributed by atoms with Crippen LogP contribution in [-0.4, -0.2) is 9.78 Å². The average molecular weight is 229 g/mol. The predicted octanol–water partition coefficient (Wildman–Crippen LogP) is 1.46. The third kappa shape index (κ3) is 2.06. The first-order valence-corrected chi connectivity index (χ1v) is 4.86. The van der Waals surface area contributed by atoms with Gasteiger partial charge >= 0.3 is 0 Å². The van der Waals surface area contributed by atoms with Gasteiger partial charge in [0.15, 0.2) is 0 Å².